The first-order valence-electron chi connectivity index (χ1n) is 8.47. The molecule has 0 spiro atoms. The Labute approximate surface area is 133 Å². The second-order valence-electron chi connectivity index (χ2n) is 6.68. The fourth-order valence-corrected chi connectivity index (χ4v) is 4.18. The third-order valence-corrected chi connectivity index (χ3v) is 5.57. The van der Waals surface area contributed by atoms with Gasteiger partial charge in [0.1, 0.15) is 0 Å². The van der Waals surface area contributed by atoms with Gasteiger partial charge in [0, 0.05) is 36.7 Å². The highest BCUT2D eigenvalue weighted by Gasteiger charge is 2.30. The van der Waals surface area contributed by atoms with Gasteiger partial charge < -0.3 is 5.32 Å². The zero-order chi connectivity index (χ0) is 14.7. The van der Waals surface area contributed by atoms with E-state index < -0.39 is 0 Å². The number of hydrogen-bond donors (Lipinski definition) is 1. The van der Waals surface area contributed by atoms with Gasteiger partial charge in [-0.3, -0.25) is 4.90 Å². The molecule has 1 aromatic rings. The summed E-state index contributed by atoms with van der Waals surface area (Å²) in [6.07, 6.45) is 7.11. The zero-order valence-corrected chi connectivity index (χ0v) is 13.8. The molecule has 1 heterocycles. The van der Waals surface area contributed by atoms with E-state index in [0.29, 0.717) is 12.1 Å². The Morgan fingerprint density at radius 1 is 1.24 bits per heavy atom. The summed E-state index contributed by atoms with van der Waals surface area (Å²) in [5.41, 5.74) is 1.34. The zero-order valence-electron chi connectivity index (χ0n) is 13.0. The molecular weight excluding hydrogens is 280 g/mol. The van der Waals surface area contributed by atoms with Gasteiger partial charge in [-0.05, 0) is 43.4 Å². The molecule has 21 heavy (non-hydrogen) atoms. The Hall–Kier alpha value is -0.570. The third kappa shape index (κ3) is 3.80. The lowest BCUT2D eigenvalue weighted by Crippen LogP contribution is -2.54. The summed E-state index contributed by atoms with van der Waals surface area (Å²) in [7, 11) is 0. The lowest BCUT2D eigenvalue weighted by Gasteiger charge is -2.42. The van der Waals surface area contributed by atoms with Crippen LogP contribution in [0.1, 0.15) is 50.6 Å². The Balaban J connectivity index is 1.64. The van der Waals surface area contributed by atoms with Crippen LogP contribution < -0.4 is 5.32 Å². The van der Waals surface area contributed by atoms with Gasteiger partial charge in [-0.1, -0.05) is 43.0 Å². The SMILES string of the molecule is CC(c1cccc(Cl)c1)N1CCNC(C2CCCCC2)C1. The monoisotopic (exact) mass is 306 g/mol. The molecule has 1 saturated heterocycles. The van der Waals surface area contributed by atoms with Crippen molar-refractivity contribution in [3.8, 4) is 0 Å². The Morgan fingerprint density at radius 2 is 2.05 bits per heavy atom. The van der Waals surface area contributed by atoms with Gasteiger partial charge in [0.15, 0.2) is 0 Å². The number of hydrogen-bond acceptors (Lipinski definition) is 2. The standard InChI is InChI=1S/C18H27ClN2/c1-14(16-8-5-9-17(19)12-16)21-11-10-20-18(13-21)15-6-3-2-4-7-15/h5,8-9,12,14-15,18,20H,2-4,6-7,10-11,13H2,1H3. The molecule has 3 rings (SSSR count). The van der Waals surface area contributed by atoms with E-state index in [2.05, 4.69) is 35.3 Å². The molecule has 0 radical (unpaired) electrons. The normalized spacial score (nSPS) is 26.7. The van der Waals surface area contributed by atoms with Crippen molar-refractivity contribution in [2.45, 2.75) is 51.1 Å². The highest BCUT2D eigenvalue weighted by Crippen LogP contribution is 2.30. The summed E-state index contributed by atoms with van der Waals surface area (Å²) in [5.74, 6) is 0.883. The minimum Gasteiger partial charge on any atom is -0.311 e. The summed E-state index contributed by atoms with van der Waals surface area (Å²) in [6, 6.07) is 9.48. The van der Waals surface area contributed by atoms with Gasteiger partial charge in [-0.25, -0.2) is 0 Å². The summed E-state index contributed by atoms with van der Waals surface area (Å²) in [6.45, 7) is 5.75. The molecule has 0 amide bonds. The van der Waals surface area contributed by atoms with E-state index in [9.17, 15) is 0 Å². The molecule has 1 aliphatic carbocycles. The highest BCUT2D eigenvalue weighted by atomic mass is 35.5. The molecule has 3 heteroatoms. The van der Waals surface area contributed by atoms with E-state index in [0.717, 1.165) is 24.0 Å². The van der Waals surface area contributed by atoms with E-state index in [1.807, 2.05) is 6.07 Å². The van der Waals surface area contributed by atoms with Crippen LogP contribution in [-0.2, 0) is 0 Å². The molecule has 1 N–H and O–H groups in total. The minimum absolute atomic E-state index is 0.455. The quantitative estimate of drug-likeness (QED) is 0.898. The molecule has 1 saturated carbocycles. The van der Waals surface area contributed by atoms with Crippen LogP contribution in [0.3, 0.4) is 0 Å². The first-order valence-corrected chi connectivity index (χ1v) is 8.85. The van der Waals surface area contributed by atoms with Crippen LogP contribution in [0.4, 0.5) is 0 Å². The fraction of sp³-hybridized carbons (Fsp3) is 0.667. The predicted molar refractivity (Wildman–Crippen MR) is 89.8 cm³/mol. The molecule has 1 aromatic carbocycles. The molecular formula is C18H27ClN2. The number of nitrogens with one attached hydrogen (secondary N) is 1. The van der Waals surface area contributed by atoms with Gasteiger partial charge in [-0.15, -0.1) is 0 Å². The van der Waals surface area contributed by atoms with Crippen molar-refractivity contribution in [3.63, 3.8) is 0 Å². The molecule has 2 fully saturated rings. The number of halogens is 1. The maximum atomic E-state index is 6.15. The third-order valence-electron chi connectivity index (χ3n) is 5.33. The van der Waals surface area contributed by atoms with E-state index in [1.54, 1.807) is 0 Å². The lowest BCUT2D eigenvalue weighted by atomic mass is 9.83. The smallest absolute Gasteiger partial charge is 0.0409 e. The summed E-state index contributed by atoms with van der Waals surface area (Å²) in [5, 5.41) is 4.61. The maximum absolute atomic E-state index is 6.15. The Morgan fingerprint density at radius 3 is 2.81 bits per heavy atom. The molecule has 2 nitrogen and oxygen atoms in total. The number of rotatable bonds is 3. The van der Waals surface area contributed by atoms with E-state index in [-0.39, 0.29) is 0 Å². The van der Waals surface area contributed by atoms with Crippen molar-refractivity contribution < 1.29 is 0 Å². The number of benzene rings is 1. The topological polar surface area (TPSA) is 15.3 Å². The molecule has 2 unspecified atom stereocenters. The molecule has 2 aliphatic rings. The Kier molecular flexibility index (Phi) is 5.20. The average Bonchev–Trinajstić information content (AvgIpc) is 2.55. The highest BCUT2D eigenvalue weighted by molar-refractivity contribution is 6.30. The van der Waals surface area contributed by atoms with Crippen LogP contribution in [0, 0.1) is 5.92 Å². The van der Waals surface area contributed by atoms with Crippen molar-refractivity contribution in [2.24, 2.45) is 5.92 Å². The van der Waals surface area contributed by atoms with Gasteiger partial charge in [-0.2, -0.15) is 0 Å². The molecule has 2 atom stereocenters. The van der Waals surface area contributed by atoms with Crippen LogP contribution in [0.15, 0.2) is 24.3 Å². The fourth-order valence-electron chi connectivity index (χ4n) is 3.98. The van der Waals surface area contributed by atoms with E-state index in [4.69, 9.17) is 11.6 Å². The van der Waals surface area contributed by atoms with Crippen LogP contribution >= 0.6 is 11.6 Å². The number of piperazine rings is 1. The van der Waals surface area contributed by atoms with Crippen molar-refractivity contribution in [1.29, 1.82) is 0 Å². The van der Waals surface area contributed by atoms with Crippen molar-refractivity contribution in [1.82, 2.24) is 10.2 Å². The molecule has 1 aliphatic heterocycles. The van der Waals surface area contributed by atoms with E-state index in [1.165, 1.54) is 44.2 Å². The summed E-state index contributed by atoms with van der Waals surface area (Å²) in [4.78, 5) is 2.63. The second-order valence-corrected chi connectivity index (χ2v) is 7.12. The molecule has 0 aromatic heterocycles. The van der Waals surface area contributed by atoms with Gasteiger partial charge in [0.05, 0.1) is 0 Å². The minimum atomic E-state index is 0.455. The number of nitrogens with zero attached hydrogens (tertiary/aromatic N) is 1. The summed E-state index contributed by atoms with van der Waals surface area (Å²) >= 11 is 6.15. The Bertz CT molecular complexity index is 456. The molecule has 116 valence electrons. The van der Waals surface area contributed by atoms with Crippen molar-refractivity contribution in [3.05, 3.63) is 34.9 Å². The van der Waals surface area contributed by atoms with Gasteiger partial charge in [0.2, 0.25) is 0 Å². The van der Waals surface area contributed by atoms with Gasteiger partial charge >= 0.3 is 0 Å². The van der Waals surface area contributed by atoms with Crippen molar-refractivity contribution >= 4 is 11.6 Å². The van der Waals surface area contributed by atoms with Crippen LogP contribution in [0.25, 0.3) is 0 Å². The van der Waals surface area contributed by atoms with Crippen molar-refractivity contribution in [2.75, 3.05) is 19.6 Å². The second kappa shape index (κ2) is 7.13. The first-order chi connectivity index (χ1) is 10.2. The average molecular weight is 307 g/mol. The lowest BCUT2D eigenvalue weighted by molar-refractivity contribution is 0.115. The van der Waals surface area contributed by atoms with E-state index >= 15 is 0 Å². The summed E-state index contributed by atoms with van der Waals surface area (Å²) < 4.78 is 0. The van der Waals surface area contributed by atoms with Crippen LogP contribution in [0.2, 0.25) is 5.02 Å². The first kappa shape index (κ1) is 15.3. The van der Waals surface area contributed by atoms with Gasteiger partial charge in [0.25, 0.3) is 0 Å². The van der Waals surface area contributed by atoms with Crippen LogP contribution in [0.5, 0.6) is 0 Å². The van der Waals surface area contributed by atoms with Crippen LogP contribution in [-0.4, -0.2) is 30.6 Å². The largest absolute Gasteiger partial charge is 0.311 e. The molecule has 0 bridgehead atoms. The predicted octanol–water partition coefficient (Wildman–Crippen LogP) is 4.26. The maximum Gasteiger partial charge on any atom is 0.0409 e.